The fourth-order valence-electron chi connectivity index (χ4n) is 1.94. The molecule has 0 atom stereocenters. The molecule has 10 heteroatoms. The Labute approximate surface area is 156 Å². The Kier molecular flexibility index (Phi) is 6.68. The molecule has 0 radical (unpaired) electrons. The lowest BCUT2D eigenvalue weighted by Gasteiger charge is -2.28. The summed E-state index contributed by atoms with van der Waals surface area (Å²) in [5.41, 5.74) is -3.07. The zero-order valence-corrected chi connectivity index (χ0v) is 16.2. The number of hydrogen-bond donors (Lipinski definition) is 3. The van der Waals surface area contributed by atoms with Crippen LogP contribution in [0.25, 0.3) is 0 Å². The van der Waals surface area contributed by atoms with Crippen molar-refractivity contribution < 1.29 is 27.5 Å². The van der Waals surface area contributed by atoms with Gasteiger partial charge >= 0.3 is 12.3 Å². The first kappa shape index (κ1) is 22.5. The Balaban J connectivity index is 2.98. The van der Waals surface area contributed by atoms with Gasteiger partial charge in [-0.15, -0.1) is 0 Å². The van der Waals surface area contributed by atoms with Crippen LogP contribution >= 0.6 is 0 Å². The molecule has 1 heterocycles. The van der Waals surface area contributed by atoms with E-state index in [1.807, 2.05) is 0 Å². The lowest BCUT2D eigenvalue weighted by Crippen LogP contribution is -2.53. The molecule has 3 N–H and O–H groups in total. The number of halogens is 3. The van der Waals surface area contributed by atoms with E-state index in [0.29, 0.717) is 6.54 Å². The third kappa shape index (κ3) is 6.95. The fourth-order valence-corrected chi connectivity index (χ4v) is 1.94. The quantitative estimate of drug-likeness (QED) is 0.712. The van der Waals surface area contributed by atoms with E-state index >= 15 is 0 Å². The van der Waals surface area contributed by atoms with Crippen molar-refractivity contribution >= 4 is 23.4 Å². The fraction of sp³-hybridized carbons (Fsp3) is 0.588. The van der Waals surface area contributed by atoms with Gasteiger partial charge in [-0.1, -0.05) is 0 Å². The summed E-state index contributed by atoms with van der Waals surface area (Å²) in [6, 6.07) is 0.813. The molecule has 27 heavy (non-hydrogen) atoms. The number of pyridine rings is 1. The highest BCUT2D eigenvalue weighted by atomic mass is 19.4. The van der Waals surface area contributed by atoms with Gasteiger partial charge in [-0.05, 0) is 47.6 Å². The third-order valence-electron chi connectivity index (χ3n) is 3.19. The zero-order chi connectivity index (χ0) is 21.0. The summed E-state index contributed by atoms with van der Waals surface area (Å²) in [6.07, 6.45) is -4.48. The highest BCUT2D eigenvalue weighted by Crippen LogP contribution is 2.32. The molecule has 152 valence electrons. The van der Waals surface area contributed by atoms with Gasteiger partial charge in [0.2, 0.25) is 5.91 Å². The van der Waals surface area contributed by atoms with Crippen LogP contribution in [0.15, 0.2) is 12.3 Å². The van der Waals surface area contributed by atoms with Gasteiger partial charge in [-0.25, -0.2) is 9.78 Å². The predicted octanol–water partition coefficient (Wildman–Crippen LogP) is 3.77. The van der Waals surface area contributed by atoms with Crippen molar-refractivity contribution in [2.24, 2.45) is 0 Å². The van der Waals surface area contributed by atoms with Crippen LogP contribution in [0.3, 0.4) is 0 Å². The van der Waals surface area contributed by atoms with Crippen molar-refractivity contribution in [3.63, 3.8) is 0 Å². The summed E-state index contributed by atoms with van der Waals surface area (Å²) in [4.78, 5) is 27.8. The SMILES string of the molecule is CCNc1cc(C(F)(F)F)ncc1NC(=O)C(C)(C)NC(=O)OC(C)(C)C. The average Bonchev–Trinajstić information content (AvgIpc) is 2.45. The molecular formula is C17H25F3N4O3. The Bertz CT molecular complexity index is 698. The maximum Gasteiger partial charge on any atom is 0.433 e. The van der Waals surface area contributed by atoms with Crippen LogP contribution in [-0.2, 0) is 15.7 Å². The summed E-state index contributed by atoms with van der Waals surface area (Å²) in [7, 11) is 0. The molecular weight excluding hydrogens is 365 g/mol. The molecule has 0 aliphatic heterocycles. The normalized spacial score (nSPS) is 12.3. The van der Waals surface area contributed by atoms with Crippen molar-refractivity contribution in [1.29, 1.82) is 0 Å². The first-order valence-electron chi connectivity index (χ1n) is 8.29. The summed E-state index contributed by atoms with van der Waals surface area (Å²) < 4.78 is 43.6. The number of hydrogen-bond acceptors (Lipinski definition) is 5. The van der Waals surface area contributed by atoms with Gasteiger partial charge < -0.3 is 20.7 Å². The van der Waals surface area contributed by atoms with Crippen LogP contribution in [0.5, 0.6) is 0 Å². The summed E-state index contributed by atoms with van der Waals surface area (Å²) in [5, 5.41) is 7.66. The van der Waals surface area contributed by atoms with E-state index in [1.54, 1.807) is 27.7 Å². The summed E-state index contributed by atoms with van der Waals surface area (Å²) >= 11 is 0. The van der Waals surface area contributed by atoms with E-state index in [2.05, 4.69) is 20.9 Å². The minimum atomic E-state index is -4.61. The maximum atomic E-state index is 12.8. The van der Waals surface area contributed by atoms with Crippen LogP contribution < -0.4 is 16.0 Å². The number of rotatable bonds is 5. The van der Waals surface area contributed by atoms with E-state index in [0.717, 1.165) is 12.3 Å². The molecule has 7 nitrogen and oxygen atoms in total. The molecule has 1 rings (SSSR count). The van der Waals surface area contributed by atoms with E-state index in [1.165, 1.54) is 13.8 Å². The Morgan fingerprint density at radius 2 is 1.70 bits per heavy atom. The number of amides is 2. The number of nitrogens with one attached hydrogen (secondary N) is 3. The van der Waals surface area contributed by atoms with E-state index in [4.69, 9.17) is 4.74 Å². The van der Waals surface area contributed by atoms with E-state index in [9.17, 15) is 22.8 Å². The van der Waals surface area contributed by atoms with Crippen LogP contribution in [0.2, 0.25) is 0 Å². The van der Waals surface area contributed by atoms with E-state index < -0.39 is 35.0 Å². The van der Waals surface area contributed by atoms with Crippen LogP contribution in [0.4, 0.5) is 29.3 Å². The number of alkyl carbamates (subject to hydrolysis) is 1. The molecule has 1 aromatic heterocycles. The van der Waals surface area contributed by atoms with Crippen molar-refractivity contribution in [3.05, 3.63) is 18.0 Å². The zero-order valence-electron chi connectivity index (χ0n) is 16.2. The number of ether oxygens (including phenoxy) is 1. The van der Waals surface area contributed by atoms with Crippen molar-refractivity contribution in [3.8, 4) is 0 Å². The molecule has 0 saturated carbocycles. The first-order valence-corrected chi connectivity index (χ1v) is 8.29. The topological polar surface area (TPSA) is 92.4 Å². The first-order chi connectivity index (χ1) is 12.2. The summed E-state index contributed by atoms with van der Waals surface area (Å²) in [6.45, 7) is 9.95. The Morgan fingerprint density at radius 3 is 2.19 bits per heavy atom. The maximum absolute atomic E-state index is 12.8. The number of alkyl halides is 3. The third-order valence-corrected chi connectivity index (χ3v) is 3.19. The number of anilines is 2. The lowest BCUT2D eigenvalue weighted by molar-refractivity contribution is -0.141. The smallest absolute Gasteiger partial charge is 0.433 e. The minimum absolute atomic E-state index is 0.0638. The molecule has 2 amide bonds. The largest absolute Gasteiger partial charge is 0.444 e. The van der Waals surface area contributed by atoms with E-state index in [-0.39, 0.29) is 11.4 Å². The Morgan fingerprint density at radius 1 is 1.11 bits per heavy atom. The monoisotopic (exact) mass is 390 g/mol. The molecule has 0 fully saturated rings. The van der Waals surface area contributed by atoms with Gasteiger partial charge in [-0.3, -0.25) is 4.79 Å². The average molecular weight is 390 g/mol. The number of carbonyl (C=O) groups is 2. The molecule has 0 bridgehead atoms. The van der Waals surface area contributed by atoms with Crippen LogP contribution in [0, 0.1) is 0 Å². The van der Waals surface area contributed by atoms with Crippen LogP contribution in [-0.4, -0.2) is 34.7 Å². The number of carbonyl (C=O) groups excluding carboxylic acids is 2. The molecule has 0 aliphatic carbocycles. The lowest BCUT2D eigenvalue weighted by atomic mass is 10.0. The van der Waals surface area contributed by atoms with Crippen molar-refractivity contribution in [2.75, 3.05) is 17.2 Å². The molecule has 0 saturated heterocycles. The van der Waals surface area contributed by atoms with Gasteiger partial charge in [-0.2, -0.15) is 13.2 Å². The van der Waals surface area contributed by atoms with Gasteiger partial charge in [0.05, 0.1) is 17.6 Å². The standard InChI is InChI=1S/C17H25F3N4O3/c1-7-21-10-8-12(17(18,19)20)22-9-11(10)23-13(25)16(5,6)24-14(26)27-15(2,3)4/h8-9H,7H2,1-6H3,(H,21,22)(H,23,25)(H,24,26). The van der Waals surface area contributed by atoms with Crippen LogP contribution in [0.1, 0.15) is 47.2 Å². The van der Waals surface area contributed by atoms with Gasteiger partial charge in [0.25, 0.3) is 0 Å². The predicted molar refractivity (Wildman–Crippen MR) is 95.5 cm³/mol. The van der Waals surface area contributed by atoms with Gasteiger partial charge in [0.1, 0.15) is 16.8 Å². The van der Waals surface area contributed by atoms with Crippen molar-refractivity contribution in [1.82, 2.24) is 10.3 Å². The molecule has 1 aromatic rings. The highest BCUT2D eigenvalue weighted by Gasteiger charge is 2.35. The second-order valence-electron chi connectivity index (χ2n) is 7.35. The minimum Gasteiger partial charge on any atom is -0.444 e. The highest BCUT2D eigenvalue weighted by molar-refractivity contribution is 6.01. The second-order valence-corrected chi connectivity index (χ2v) is 7.35. The Hall–Kier alpha value is -2.52. The second kappa shape index (κ2) is 8.01. The summed E-state index contributed by atoms with van der Waals surface area (Å²) in [5.74, 6) is -0.644. The van der Waals surface area contributed by atoms with Crippen molar-refractivity contribution in [2.45, 2.75) is 58.9 Å². The van der Waals surface area contributed by atoms with Gasteiger partial charge in [0.15, 0.2) is 0 Å². The molecule has 0 spiro atoms. The number of aromatic nitrogens is 1. The molecule has 0 aliphatic rings. The molecule has 0 aromatic carbocycles. The van der Waals surface area contributed by atoms with Gasteiger partial charge in [0, 0.05) is 6.54 Å². The molecule has 0 unspecified atom stereocenters. The number of nitrogens with zero attached hydrogens (tertiary/aromatic N) is 1.